The van der Waals surface area contributed by atoms with Gasteiger partial charge in [0, 0.05) is 25.5 Å². The van der Waals surface area contributed by atoms with Crippen LogP contribution in [0.5, 0.6) is 0 Å². The van der Waals surface area contributed by atoms with Crippen LogP contribution in [-0.2, 0) is 0 Å². The van der Waals surface area contributed by atoms with Crippen LogP contribution >= 0.6 is 12.2 Å². The van der Waals surface area contributed by atoms with Gasteiger partial charge in [-0.25, -0.2) is 9.97 Å². The van der Waals surface area contributed by atoms with Gasteiger partial charge in [-0.15, -0.1) is 0 Å². The van der Waals surface area contributed by atoms with Crippen molar-refractivity contribution in [3.8, 4) is 0 Å². The first-order chi connectivity index (χ1) is 8.27. The average Bonchev–Trinajstić information content (AvgIpc) is 2.90. The second-order valence-corrected chi connectivity index (χ2v) is 4.27. The molecule has 6 heteroatoms. The van der Waals surface area contributed by atoms with Gasteiger partial charge in [0.15, 0.2) is 10.9 Å². The molecule has 0 atom stereocenters. The van der Waals surface area contributed by atoms with Crippen LogP contribution in [0.25, 0.3) is 0 Å². The van der Waals surface area contributed by atoms with Crippen molar-refractivity contribution in [3.05, 3.63) is 24.3 Å². The number of hydrogen-bond donors (Lipinski definition) is 1. The zero-order valence-electron chi connectivity index (χ0n) is 9.76. The third kappa shape index (κ3) is 3.20. The first-order valence-corrected chi connectivity index (χ1v) is 6.05. The van der Waals surface area contributed by atoms with Gasteiger partial charge < -0.3 is 4.90 Å². The van der Waals surface area contributed by atoms with E-state index in [2.05, 4.69) is 25.4 Å². The second-order valence-electron chi connectivity index (χ2n) is 3.88. The predicted octanol–water partition coefficient (Wildman–Crippen LogP) is 1.17. The summed E-state index contributed by atoms with van der Waals surface area (Å²) in [5.41, 5.74) is 3.62. The quantitative estimate of drug-likeness (QED) is 0.484. The highest BCUT2D eigenvalue weighted by atomic mass is 32.1. The normalized spacial score (nSPS) is 16.1. The maximum Gasteiger partial charge on any atom is 0.189 e. The Morgan fingerprint density at radius 2 is 2.00 bits per heavy atom. The summed E-state index contributed by atoms with van der Waals surface area (Å²) in [5.74, 6) is 0.615. The Balaban J connectivity index is 1.94. The molecule has 90 valence electrons. The van der Waals surface area contributed by atoms with Gasteiger partial charge in [-0.3, -0.25) is 5.43 Å². The van der Waals surface area contributed by atoms with Gasteiger partial charge in [-0.2, -0.15) is 5.10 Å². The van der Waals surface area contributed by atoms with Crippen molar-refractivity contribution in [2.24, 2.45) is 5.10 Å². The second kappa shape index (κ2) is 5.67. The largest absolute Gasteiger partial charge is 0.348 e. The third-order valence-corrected chi connectivity index (χ3v) is 2.95. The molecule has 0 saturated carbocycles. The summed E-state index contributed by atoms with van der Waals surface area (Å²) in [6, 6.07) is 1.78. The summed E-state index contributed by atoms with van der Waals surface area (Å²) in [7, 11) is 0. The van der Waals surface area contributed by atoms with E-state index in [1.54, 1.807) is 18.5 Å². The van der Waals surface area contributed by atoms with Crippen LogP contribution in [0, 0.1) is 0 Å². The molecular weight excluding hydrogens is 234 g/mol. The SMILES string of the molecule is C/C(=N\NC(=S)N1CCCC1)c1ncccn1. The van der Waals surface area contributed by atoms with Crippen LogP contribution in [0.3, 0.4) is 0 Å². The zero-order chi connectivity index (χ0) is 12.1. The molecule has 0 aromatic carbocycles. The molecule has 0 radical (unpaired) electrons. The Morgan fingerprint density at radius 3 is 2.65 bits per heavy atom. The minimum absolute atomic E-state index is 0.615. The van der Waals surface area contributed by atoms with Gasteiger partial charge in [0.1, 0.15) is 5.71 Å². The summed E-state index contributed by atoms with van der Waals surface area (Å²) in [4.78, 5) is 10.4. The highest BCUT2D eigenvalue weighted by Crippen LogP contribution is 2.07. The smallest absolute Gasteiger partial charge is 0.189 e. The molecule has 1 aromatic heterocycles. The molecule has 0 bridgehead atoms. The number of aromatic nitrogens is 2. The molecule has 1 N–H and O–H groups in total. The number of nitrogens with one attached hydrogen (secondary N) is 1. The van der Waals surface area contributed by atoms with E-state index < -0.39 is 0 Å². The number of thiocarbonyl (C=S) groups is 1. The molecule has 5 nitrogen and oxygen atoms in total. The van der Waals surface area contributed by atoms with Crippen LogP contribution in [0.4, 0.5) is 0 Å². The van der Waals surface area contributed by atoms with E-state index in [0.717, 1.165) is 18.8 Å². The Labute approximate surface area is 106 Å². The van der Waals surface area contributed by atoms with Gasteiger partial charge in [0.25, 0.3) is 0 Å². The molecule has 1 fully saturated rings. The average molecular weight is 249 g/mol. The Kier molecular flexibility index (Phi) is 3.98. The number of likely N-dealkylation sites (tertiary alicyclic amines) is 1. The molecule has 0 aliphatic carbocycles. The molecule has 1 aromatic rings. The third-order valence-electron chi connectivity index (χ3n) is 2.60. The lowest BCUT2D eigenvalue weighted by atomic mass is 10.4. The van der Waals surface area contributed by atoms with Crippen molar-refractivity contribution in [2.45, 2.75) is 19.8 Å². The van der Waals surface area contributed by atoms with Crippen LogP contribution in [0.1, 0.15) is 25.6 Å². The standard InChI is InChI=1S/C11H15N5S/c1-9(10-12-5-4-6-13-10)14-15-11(17)16-7-2-3-8-16/h4-6H,2-3,7-8H2,1H3,(H,15,17)/b14-9+. The molecule has 0 spiro atoms. The van der Waals surface area contributed by atoms with Crippen molar-refractivity contribution >= 4 is 23.0 Å². The summed E-state index contributed by atoms with van der Waals surface area (Å²) >= 11 is 5.25. The lowest BCUT2D eigenvalue weighted by molar-refractivity contribution is 0.509. The molecule has 1 aliphatic rings. The maximum atomic E-state index is 5.25. The van der Waals surface area contributed by atoms with Gasteiger partial charge >= 0.3 is 0 Å². The summed E-state index contributed by atoms with van der Waals surface area (Å²) in [6.07, 6.45) is 5.79. The van der Waals surface area contributed by atoms with E-state index in [0.29, 0.717) is 10.9 Å². The van der Waals surface area contributed by atoms with Crippen LogP contribution in [-0.4, -0.2) is 38.8 Å². The molecule has 1 aliphatic heterocycles. The fraction of sp³-hybridized carbons (Fsp3) is 0.455. The highest BCUT2D eigenvalue weighted by molar-refractivity contribution is 7.80. The first kappa shape index (κ1) is 11.9. The monoisotopic (exact) mass is 249 g/mol. The Morgan fingerprint density at radius 1 is 1.35 bits per heavy atom. The van der Waals surface area contributed by atoms with Gasteiger partial charge in [0.2, 0.25) is 0 Å². The Bertz CT molecular complexity index is 411. The number of hydrazone groups is 1. The molecule has 17 heavy (non-hydrogen) atoms. The van der Waals surface area contributed by atoms with Crippen LogP contribution in [0.2, 0.25) is 0 Å². The molecule has 1 saturated heterocycles. The van der Waals surface area contributed by atoms with E-state index in [9.17, 15) is 0 Å². The van der Waals surface area contributed by atoms with Crippen molar-refractivity contribution in [1.82, 2.24) is 20.3 Å². The molecule has 2 heterocycles. The van der Waals surface area contributed by atoms with Crippen LogP contribution in [0.15, 0.2) is 23.6 Å². The van der Waals surface area contributed by atoms with E-state index >= 15 is 0 Å². The fourth-order valence-corrected chi connectivity index (χ4v) is 1.89. The summed E-state index contributed by atoms with van der Waals surface area (Å²) in [6.45, 7) is 3.89. The summed E-state index contributed by atoms with van der Waals surface area (Å²) < 4.78 is 0. The van der Waals surface area contributed by atoms with E-state index in [1.165, 1.54) is 12.8 Å². The van der Waals surface area contributed by atoms with Gasteiger partial charge in [0.05, 0.1) is 0 Å². The van der Waals surface area contributed by atoms with E-state index in [-0.39, 0.29) is 0 Å². The zero-order valence-corrected chi connectivity index (χ0v) is 10.6. The van der Waals surface area contributed by atoms with Gasteiger partial charge in [-0.1, -0.05) is 0 Å². The topological polar surface area (TPSA) is 53.4 Å². The van der Waals surface area contributed by atoms with Crippen LogP contribution < -0.4 is 5.43 Å². The lowest BCUT2D eigenvalue weighted by Crippen LogP contribution is -2.35. The van der Waals surface area contributed by atoms with Crippen molar-refractivity contribution in [2.75, 3.05) is 13.1 Å². The summed E-state index contributed by atoms with van der Waals surface area (Å²) in [5, 5.41) is 4.88. The molecule has 0 amide bonds. The van der Waals surface area contributed by atoms with E-state index in [4.69, 9.17) is 12.2 Å². The Hall–Kier alpha value is -1.56. The molecule has 2 rings (SSSR count). The molecular formula is C11H15N5S. The minimum Gasteiger partial charge on any atom is -0.348 e. The highest BCUT2D eigenvalue weighted by Gasteiger charge is 2.14. The lowest BCUT2D eigenvalue weighted by Gasteiger charge is -2.17. The van der Waals surface area contributed by atoms with Crippen molar-refractivity contribution < 1.29 is 0 Å². The minimum atomic E-state index is 0.615. The van der Waals surface area contributed by atoms with E-state index in [1.807, 2.05) is 6.92 Å². The fourth-order valence-electron chi connectivity index (χ4n) is 1.66. The van der Waals surface area contributed by atoms with Gasteiger partial charge in [-0.05, 0) is 38.0 Å². The first-order valence-electron chi connectivity index (χ1n) is 5.64. The predicted molar refractivity (Wildman–Crippen MR) is 70.8 cm³/mol. The number of nitrogens with zero attached hydrogens (tertiary/aromatic N) is 4. The van der Waals surface area contributed by atoms with Crippen molar-refractivity contribution in [1.29, 1.82) is 0 Å². The maximum absolute atomic E-state index is 5.25. The van der Waals surface area contributed by atoms with Crippen molar-refractivity contribution in [3.63, 3.8) is 0 Å². The number of hydrogen-bond acceptors (Lipinski definition) is 4. The number of rotatable bonds is 2. The molecule has 0 unspecified atom stereocenters.